The number of hydrogen-bond donors (Lipinski definition) is 1. The van der Waals surface area contributed by atoms with Crippen LogP contribution in [0.5, 0.6) is 0 Å². The summed E-state index contributed by atoms with van der Waals surface area (Å²) in [6.45, 7) is 4.41. The number of carbonyl (C=O) groups excluding carboxylic acids is 1. The molecule has 6 nitrogen and oxygen atoms in total. The van der Waals surface area contributed by atoms with Crippen molar-refractivity contribution in [2.75, 3.05) is 6.54 Å². The van der Waals surface area contributed by atoms with Gasteiger partial charge in [0.05, 0.1) is 6.04 Å². The molecular weight excluding hydrogens is 417 g/mol. The molecule has 0 unspecified atom stereocenters. The lowest BCUT2D eigenvalue weighted by atomic mass is 9.92. The predicted octanol–water partition coefficient (Wildman–Crippen LogP) is 4.75. The number of amides is 1. The van der Waals surface area contributed by atoms with Crippen molar-refractivity contribution in [2.24, 2.45) is 0 Å². The monoisotopic (exact) mass is 439 g/mol. The molecule has 3 aromatic heterocycles. The van der Waals surface area contributed by atoms with Crippen LogP contribution >= 0.6 is 0 Å². The van der Waals surface area contributed by atoms with Gasteiger partial charge in [0.15, 0.2) is 11.3 Å². The zero-order valence-electron chi connectivity index (χ0n) is 18.3. The van der Waals surface area contributed by atoms with Gasteiger partial charge in [0.1, 0.15) is 5.82 Å². The van der Waals surface area contributed by atoms with Crippen molar-refractivity contribution in [3.63, 3.8) is 0 Å². The number of benzene rings is 2. The van der Waals surface area contributed by atoms with Crippen LogP contribution in [0.3, 0.4) is 0 Å². The minimum atomic E-state index is -0.366. The molecule has 2 aromatic carbocycles. The van der Waals surface area contributed by atoms with Crippen molar-refractivity contribution in [1.82, 2.24) is 24.5 Å². The van der Waals surface area contributed by atoms with Crippen LogP contribution in [0.15, 0.2) is 60.7 Å². The Bertz CT molecular complexity index is 1530. The van der Waals surface area contributed by atoms with E-state index in [4.69, 9.17) is 0 Å². The van der Waals surface area contributed by atoms with E-state index in [1.807, 2.05) is 43.0 Å². The molecule has 1 aliphatic heterocycles. The third-order valence-electron chi connectivity index (χ3n) is 6.43. The Morgan fingerprint density at radius 2 is 1.88 bits per heavy atom. The molecule has 1 amide bonds. The zero-order valence-corrected chi connectivity index (χ0v) is 18.3. The Morgan fingerprint density at radius 1 is 1.09 bits per heavy atom. The van der Waals surface area contributed by atoms with Gasteiger partial charge in [-0.2, -0.15) is 5.10 Å². The van der Waals surface area contributed by atoms with Gasteiger partial charge in [-0.1, -0.05) is 30.3 Å². The summed E-state index contributed by atoms with van der Waals surface area (Å²) in [5.74, 6) is -0.474. The SMILES string of the molecule is Cc1cc(C)n2nc(C(=O)N3CCc4c([nH]c5ccccc45)[C@H]3c3ccc(F)cc3)cc2n1. The molecule has 1 atom stereocenters. The first kappa shape index (κ1) is 19.7. The lowest BCUT2D eigenvalue weighted by Crippen LogP contribution is -2.40. The van der Waals surface area contributed by atoms with Crippen LogP contribution in [-0.4, -0.2) is 36.9 Å². The Kier molecular flexibility index (Phi) is 4.33. The number of aromatic nitrogens is 4. The van der Waals surface area contributed by atoms with E-state index in [0.29, 0.717) is 17.9 Å². The van der Waals surface area contributed by atoms with Gasteiger partial charge in [-0.25, -0.2) is 13.9 Å². The van der Waals surface area contributed by atoms with Crippen molar-refractivity contribution < 1.29 is 9.18 Å². The fraction of sp³-hybridized carbons (Fsp3) is 0.192. The van der Waals surface area contributed by atoms with Crippen LogP contribution in [0.25, 0.3) is 16.6 Å². The summed E-state index contributed by atoms with van der Waals surface area (Å²) >= 11 is 0. The van der Waals surface area contributed by atoms with Crippen molar-refractivity contribution in [2.45, 2.75) is 26.3 Å². The second-order valence-corrected chi connectivity index (χ2v) is 8.60. The van der Waals surface area contributed by atoms with Gasteiger partial charge in [-0.05, 0) is 55.7 Å². The largest absolute Gasteiger partial charge is 0.356 e. The van der Waals surface area contributed by atoms with Crippen LogP contribution < -0.4 is 0 Å². The Morgan fingerprint density at radius 3 is 2.70 bits per heavy atom. The highest BCUT2D eigenvalue weighted by molar-refractivity contribution is 5.95. The molecule has 0 aliphatic carbocycles. The number of aryl methyl sites for hydroxylation is 2. The first-order valence-corrected chi connectivity index (χ1v) is 11.0. The molecule has 0 bridgehead atoms. The highest BCUT2D eigenvalue weighted by Gasteiger charge is 2.36. The van der Waals surface area contributed by atoms with Crippen LogP contribution in [0.2, 0.25) is 0 Å². The molecule has 1 aliphatic rings. The van der Waals surface area contributed by atoms with Crippen LogP contribution in [0.4, 0.5) is 4.39 Å². The summed E-state index contributed by atoms with van der Waals surface area (Å²) in [5, 5.41) is 5.72. The summed E-state index contributed by atoms with van der Waals surface area (Å²) in [7, 11) is 0. The maximum absolute atomic E-state index is 13.8. The minimum absolute atomic E-state index is 0.170. The molecule has 1 N–H and O–H groups in total. The lowest BCUT2D eigenvalue weighted by Gasteiger charge is -2.35. The molecule has 6 rings (SSSR count). The Balaban J connectivity index is 1.49. The van der Waals surface area contributed by atoms with E-state index >= 15 is 0 Å². The van der Waals surface area contributed by atoms with Gasteiger partial charge in [-0.15, -0.1) is 0 Å². The molecule has 0 spiro atoms. The Hall–Kier alpha value is -4.00. The summed E-state index contributed by atoms with van der Waals surface area (Å²) < 4.78 is 15.4. The van der Waals surface area contributed by atoms with Gasteiger partial charge >= 0.3 is 0 Å². The second-order valence-electron chi connectivity index (χ2n) is 8.60. The van der Waals surface area contributed by atoms with Gasteiger partial charge in [0.2, 0.25) is 0 Å². The fourth-order valence-electron chi connectivity index (χ4n) is 4.99. The van der Waals surface area contributed by atoms with E-state index in [0.717, 1.165) is 40.0 Å². The second kappa shape index (κ2) is 7.27. The molecule has 33 heavy (non-hydrogen) atoms. The third kappa shape index (κ3) is 3.11. The first-order chi connectivity index (χ1) is 16.0. The average molecular weight is 439 g/mol. The normalized spacial score (nSPS) is 15.8. The number of carbonyl (C=O) groups is 1. The molecule has 0 fully saturated rings. The van der Waals surface area contributed by atoms with Crippen LogP contribution in [0, 0.1) is 19.7 Å². The number of nitrogens with one attached hydrogen (secondary N) is 1. The molecule has 5 aromatic rings. The highest BCUT2D eigenvalue weighted by Crippen LogP contribution is 2.39. The maximum Gasteiger partial charge on any atom is 0.275 e. The number of rotatable bonds is 2. The first-order valence-electron chi connectivity index (χ1n) is 11.0. The molecule has 164 valence electrons. The van der Waals surface area contributed by atoms with E-state index < -0.39 is 0 Å². The van der Waals surface area contributed by atoms with Crippen LogP contribution in [0.1, 0.15) is 44.7 Å². The van der Waals surface area contributed by atoms with Crippen molar-refractivity contribution in [3.8, 4) is 0 Å². The number of nitrogens with zero attached hydrogens (tertiary/aromatic N) is 4. The highest BCUT2D eigenvalue weighted by atomic mass is 19.1. The molecule has 0 saturated heterocycles. The van der Waals surface area contributed by atoms with E-state index in [9.17, 15) is 9.18 Å². The van der Waals surface area contributed by atoms with E-state index in [-0.39, 0.29) is 17.8 Å². The smallest absolute Gasteiger partial charge is 0.275 e. The lowest BCUT2D eigenvalue weighted by molar-refractivity contribution is 0.0685. The number of aromatic amines is 1. The number of fused-ring (bicyclic) bond motifs is 4. The van der Waals surface area contributed by atoms with Crippen LogP contribution in [-0.2, 0) is 6.42 Å². The summed E-state index contributed by atoms with van der Waals surface area (Å²) in [6, 6.07) is 17.9. The molecular formula is C26H22FN5O. The molecule has 0 saturated carbocycles. The zero-order chi connectivity index (χ0) is 22.7. The average Bonchev–Trinajstić information content (AvgIpc) is 3.40. The summed E-state index contributed by atoms with van der Waals surface area (Å²) in [4.78, 5) is 23.7. The van der Waals surface area contributed by atoms with Gasteiger partial charge in [0.25, 0.3) is 5.91 Å². The van der Waals surface area contributed by atoms with E-state index in [1.54, 1.807) is 22.7 Å². The standard InChI is InChI=1S/C26H22FN5O/c1-15-13-16(2)32-23(28-15)14-22(30-32)26(33)31-12-11-20-19-5-3-4-6-21(19)29-24(20)25(31)17-7-9-18(27)10-8-17/h3-10,13-14,25,29H,11-12H2,1-2H3/t25-/m1/s1. The van der Waals surface area contributed by atoms with E-state index in [1.165, 1.54) is 17.7 Å². The van der Waals surface area contributed by atoms with Crippen molar-refractivity contribution >= 4 is 22.5 Å². The number of para-hydroxylation sites is 1. The third-order valence-corrected chi connectivity index (χ3v) is 6.43. The number of hydrogen-bond acceptors (Lipinski definition) is 3. The molecule has 4 heterocycles. The summed E-state index contributed by atoms with van der Waals surface area (Å²) in [5.41, 5.74) is 6.86. The maximum atomic E-state index is 13.8. The quantitative estimate of drug-likeness (QED) is 0.432. The van der Waals surface area contributed by atoms with Gasteiger partial charge in [0, 0.05) is 40.6 Å². The van der Waals surface area contributed by atoms with Crippen molar-refractivity contribution in [1.29, 1.82) is 0 Å². The van der Waals surface area contributed by atoms with Crippen molar-refractivity contribution in [3.05, 3.63) is 100 Å². The summed E-state index contributed by atoms with van der Waals surface area (Å²) in [6.07, 6.45) is 0.729. The van der Waals surface area contributed by atoms with E-state index in [2.05, 4.69) is 21.1 Å². The fourth-order valence-corrected chi connectivity index (χ4v) is 4.99. The Labute approximate surface area is 189 Å². The van der Waals surface area contributed by atoms with Gasteiger partial charge < -0.3 is 9.88 Å². The van der Waals surface area contributed by atoms with Gasteiger partial charge in [-0.3, -0.25) is 4.79 Å². The minimum Gasteiger partial charge on any atom is -0.356 e. The molecule has 7 heteroatoms. The number of halogens is 1. The number of H-pyrrole nitrogens is 1. The topological polar surface area (TPSA) is 66.3 Å². The predicted molar refractivity (Wildman–Crippen MR) is 124 cm³/mol. The molecule has 0 radical (unpaired) electrons.